The molecule has 1 saturated heterocycles. The van der Waals surface area contributed by atoms with E-state index in [1.165, 1.54) is 0 Å². The number of ether oxygens (including phenoxy) is 1. The van der Waals surface area contributed by atoms with Crippen LogP contribution >= 0.6 is 0 Å². The number of nitrogens with zero attached hydrogens (tertiary/aromatic N) is 2. The van der Waals surface area contributed by atoms with Crippen molar-refractivity contribution >= 4 is 22.1 Å². The van der Waals surface area contributed by atoms with Gasteiger partial charge in [-0.25, -0.2) is 4.79 Å². The first-order valence-electron chi connectivity index (χ1n) is 8.20. The molecule has 24 heavy (non-hydrogen) atoms. The standard InChI is InChI=1S/C15H26N2O6S/c1-15(2,3)23-14(19)17-8-6-16(7-9-17)13(18)11-4-5-12(10-11)24(20,21)22/h11-12H,4-10H2,1-3H3,(H,20,21,22). The maximum absolute atomic E-state index is 12.5. The van der Waals surface area contributed by atoms with E-state index in [1.807, 2.05) is 0 Å². The minimum absolute atomic E-state index is 0.0926. The van der Waals surface area contributed by atoms with Gasteiger partial charge in [0.15, 0.2) is 0 Å². The molecule has 1 saturated carbocycles. The van der Waals surface area contributed by atoms with Crippen molar-refractivity contribution in [2.45, 2.75) is 50.9 Å². The molecule has 0 spiro atoms. The molecule has 0 bridgehead atoms. The van der Waals surface area contributed by atoms with Crippen molar-refractivity contribution in [1.29, 1.82) is 0 Å². The van der Waals surface area contributed by atoms with Gasteiger partial charge in [-0.3, -0.25) is 9.35 Å². The summed E-state index contributed by atoms with van der Waals surface area (Å²) < 4.78 is 36.8. The maximum Gasteiger partial charge on any atom is 0.410 e. The minimum atomic E-state index is -4.08. The van der Waals surface area contributed by atoms with Gasteiger partial charge < -0.3 is 14.5 Å². The van der Waals surface area contributed by atoms with Crippen molar-refractivity contribution in [3.8, 4) is 0 Å². The second kappa shape index (κ2) is 6.87. The summed E-state index contributed by atoms with van der Waals surface area (Å²) in [6.07, 6.45) is 0.564. The number of hydrogen-bond donors (Lipinski definition) is 1. The van der Waals surface area contributed by atoms with Crippen LogP contribution in [-0.2, 0) is 19.6 Å². The van der Waals surface area contributed by atoms with Crippen LogP contribution in [0.2, 0.25) is 0 Å². The molecule has 1 N–H and O–H groups in total. The first-order valence-corrected chi connectivity index (χ1v) is 9.71. The summed E-state index contributed by atoms with van der Waals surface area (Å²) in [5.74, 6) is -0.463. The molecule has 0 aromatic heterocycles. The Morgan fingerprint density at radius 2 is 1.58 bits per heavy atom. The van der Waals surface area contributed by atoms with Gasteiger partial charge in [0, 0.05) is 32.1 Å². The van der Waals surface area contributed by atoms with E-state index < -0.39 is 21.0 Å². The van der Waals surface area contributed by atoms with Crippen molar-refractivity contribution in [3.05, 3.63) is 0 Å². The van der Waals surface area contributed by atoms with Crippen molar-refractivity contribution in [2.24, 2.45) is 5.92 Å². The van der Waals surface area contributed by atoms with Gasteiger partial charge in [-0.15, -0.1) is 0 Å². The number of amides is 2. The van der Waals surface area contributed by atoms with Crippen LogP contribution in [0.4, 0.5) is 4.79 Å². The third-order valence-corrected chi connectivity index (χ3v) is 5.67. The van der Waals surface area contributed by atoms with Crippen molar-refractivity contribution in [1.82, 2.24) is 9.80 Å². The fourth-order valence-corrected chi connectivity index (χ4v) is 4.04. The minimum Gasteiger partial charge on any atom is -0.444 e. The van der Waals surface area contributed by atoms with Crippen LogP contribution in [0.1, 0.15) is 40.0 Å². The van der Waals surface area contributed by atoms with E-state index >= 15 is 0 Å². The maximum atomic E-state index is 12.5. The topological polar surface area (TPSA) is 104 Å². The Morgan fingerprint density at radius 3 is 2.04 bits per heavy atom. The third kappa shape index (κ3) is 4.83. The average Bonchev–Trinajstić information content (AvgIpc) is 2.94. The second-order valence-corrected chi connectivity index (χ2v) is 9.14. The van der Waals surface area contributed by atoms with Crippen molar-refractivity contribution in [3.63, 3.8) is 0 Å². The van der Waals surface area contributed by atoms with Crippen molar-refractivity contribution < 1.29 is 27.3 Å². The first kappa shape index (κ1) is 19.0. The largest absolute Gasteiger partial charge is 0.444 e. The molecule has 1 aliphatic carbocycles. The highest BCUT2D eigenvalue weighted by molar-refractivity contribution is 7.86. The Balaban J connectivity index is 1.84. The summed E-state index contributed by atoms with van der Waals surface area (Å²) in [4.78, 5) is 27.7. The monoisotopic (exact) mass is 362 g/mol. The number of rotatable bonds is 2. The molecular weight excluding hydrogens is 336 g/mol. The molecule has 8 nitrogen and oxygen atoms in total. The van der Waals surface area contributed by atoms with Crippen LogP contribution in [0, 0.1) is 5.92 Å². The van der Waals surface area contributed by atoms with Crippen LogP contribution in [0.3, 0.4) is 0 Å². The number of piperazine rings is 1. The molecule has 0 aromatic carbocycles. The molecule has 2 rings (SSSR count). The molecule has 0 radical (unpaired) electrons. The lowest BCUT2D eigenvalue weighted by molar-refractivity contribution is -0.137. The van der Waals surface area contributed by atoms with E-state index in [1.54, 1.807) is 30.6 Å². The van der Waals surface area contributed by atoms with E-state index in [0.29, 0.717) is 39.0 Å². The Hall–Kier alpha value is -1.35. The van der Waals surface area contributed by atoms with Gasteiger partial charge in [-0.2, -0.15) is 8.42 Å². The predicted octanol–water partition coefficient (Wildman–Crippen LogP) is 1.12. The molecule has 2 atom stereocenters. The van der Waals surface area contributed by atoms with Crippen LogP contribution in [0.25, 0.3) is 0 Å². The van der Waals surface area contributed by atoms with E-state index in [9.17, 15) is 18.0 Å². The summed E-state index contributed by atoms with van der Waals surface area (Å²) in [7, 11) is -4.08. The fourth-order valence-electron chi connectivity index (χ4n) is 3.13. The molecule has 2 fully saturated rings. The summed E-state index contributed by atoms with van der Waals surface area (Å²) in [5.41, 5.74) is -0.557. The Bertz CT molecular complexity index is 590. The van der Waals surface area contributed by atoms with Gasteiger partial charge in [0.2, 0.25) is 5.91 Å². The van der Waals surface area contributed by atoms with Crippen LogP contribution in [0.15, 0.2) is 0 Å². The summed E-state index contributed by atoms with van der Waals surface area (Å²) in [6, 6.07) is 0. The molecule has 1 heterocycles. The van der Waals surface area contributed by atoms with Gasteiger partial charge in [-0.05, 0) is 40.0 Å². The lowest BCUT2D eigenvalue weighted by Crippen LogP contribution is -2.52. The molecule has 2 amide bonds. The highest BCUT2D eigenvalue weighted by atomic mass is 32.2. The molecule has 0 aromatic rings. The Kier molecular flexibility index (Phi) is 5.44. The zero-order chi connectivity index (χ0) is 18.1. The smallest absolute Gasteiger partial charge is 0.410 e. The third-order valence-electron chi connectivity index (χ3n) is 4.40. The normalized spacial score (nSPS) is 25.7. The molecule has 138 valence electrons. The fraction of sp³-hybridized carbons (Fsp3) is 0.867. The summed E-state index contributed by atoms with van der Waals surface area (Å²) in [6.45, 7) is 7.02. The predicted molar refractivity (Wildman–Crippen MR) is 87.1 cm³/mol. The number of carbonyl (C=O) groups is 2. The van der Waals surface area contributed by atoms with Crippen molar-refractivity contribution in [2.75, 3.05) is 26.2 Å². The SMILES string of the molecule is CC(C)(C)OC(=O)N1CCN(C(=O)C2CCC(S(=O)(=O)O)C2)CC1. The molecule has 2 aliphatic rings. The summed E-state index contributed by atoms with van der Waals surface area (Å²) in [5, 5.41) is -0.838. The average molecular weight is 362 g/mol. The molecule has 2 unspecified atom stereocenters. The lowest BCUT2D eigenvalue weighted by Gasteiger charge is -2.36. The van der Waals surface area contributed by atoms with Gasteiger partial charge in [0.25, 0.3) is 10.1 Å². The van der Waals surface area contributed by atoms with Crippen LogP contribution < -0.4 is 0 Å². The zero-order valence-electron chi connectivity index (χ0n) is 14.4. The quantitative estimate of drug-likeness (QED) is 0.738. The Morgan fingerprint density at radius 1 is 1.04 bits per heavy atom. The number of carbonyl (C=O) groups excluding carboxylic acids is 2. The van der Waals surface area contributed by atoms with Crippen LogP contribution in [0.5, 0.6) is 0 Å². The highest BCUT2D eigenvalue weighted by Crippen LogP contribution is 2.31. The summed E-state index contributed by atoms with van der Waals surface area (Å²) >= 11 is 0. The molecular formula is C15H26N2O6S. The highest BCUT2D eigenvalue weighted by Gasteiger charge is 2.39. The molecule has 1 aliphatic heterocycles. The van der Waals surface area contributed by atoms with E-state index in [0.717, 1.165) is 0 Å². The Labute approximate surface area is 142 Å². The van der Waals surface area contributed by atoms with Gasteiger partial charge in [0.05, 0.1) is 5.25 Å². The van der Waals surface area contributed by atoms with E-state index in [2.05, 4.69) is 0 Å². The number of hydrogen-bond acceptors (Lipinski definition) is 5. The van der Waals surface area contributed by atoms with E-state index in [-0.39, 0.29) is 24.3 Å². The van der Waals surface area contributed by atoms with Crippen LogP contribution in [-0.4, -0.2) is 71.8 Å². The van der Waals surface area contributed by atoms with Gasteiger partial charge in [-0.1, -0.05) is 0 Å². The lowest BCUT2D eigenvalue weighted by atomic mass is 10.1. The molecule has 9 heteroatoms. The van der Waals surface area contributed by atoms with E-state index in [4.69, 9.17) is 9.29 Å². The van der Waals surface area contributed by atoms with Gasteiger partial charge in [0.1, 0.15) is 5.60 Å². The first-order chi connectivity index (χ1) is 11.0. The zero-order valence-corrected chi connectivity index (χ0v) is 15.2. The van der Waals surface area contributed by atoms with Gasteiger partial charge >= 0.3 is 6.09 Å². The second-order valence-electron chi connectivity index (χ2n) is 7.44.